The van der Waals surface area contributed by atoms with Gasteiger partial charge in [-0.15, -0.1) is 12.4 Å². The molecule has 1 amide bonds. The van der Waals surface area contributed by atoms with Gasteiger partial charge in [0.05, 0.1) is 0 Å². The summed E-state index contributed by atoms with van der Waals surface area (Å²) in [5.41, 5.74) is 6.37. The summed E-state index contributed by atoms with van der Waals surface area (Å²) in [5, 5.41) is 6.74. The van der Waals surface area contributed by atoms with Gasteiger partial charge in [0.2, 0.25) is 17.6 Å². The summed E-state index contributed by atoms with van der Waals surface area (Å²) in [6.45, 7) is 2.15. The zero-order chi connectivity index (χ0) is 16.9. The van der Waals surface area contributed by atoms with Crippen LogP contribution in [0.25, 0.3) is 0 Å². The number of amides is 1. The maximum absolute atomic E-state index is 11.8. The van der Waals surface area contributed by atoms with Crippen LogP contribution in [0.4, 0.5) is 5.69 Å². The highest BCUT2D eigenvalue weighted by Gasteiger charge is 2.29. The number of nitrogens with one attached hydrogen (secondary N) is 1. The molecule has 1 fully saturated rings. The van der Waals surface area contributed by atoms with Gasteiger partial charge < -0.3 is 20.3 Å². The maximum Gasteiger partial charge on any atom is 0.229 e. The molecule has 1 aromatic heterocycles. The van der Waals surface area contributed by atoms with Crippen molar-refractivity contribution in [3.63, 3.8) is 0 Å². The van der Waals surface area contributed by atoms with Crippen LogP contribution in [0.15, 0.2) is 28.8 Å². The molecule has 1 unspecified atom stereocenters. The number of nitrogens with two attached hydrogens (primary N) is 1. The average Bonchev–Trinajstić information content (AvgIpc) is 3.31. The Kier molecular flexibility index (Phi) is 6.78. The molecule has 0 saturated heterocycles. The molecule has 136 valence electrons. The molecule has 25 heavy (non-hydrogen) atoms. The molecule has 0 radical (unpaired) electrons. The van der Waals surface area contributed by atoms with Crippen LogP contribution in [0.1, 0.15) is 50.2 Å². The first-order valence-corrected chi connectivity index (χ1v) is 8.21. The van der Waals surface area contributed by atoms with Gasteiger partial charge in [0.25, 0.3) is 0 Å². The van der Waals surface area contributed by atoms with Crippen molar-refractivity contribution in [2.45, 2.75) is 51.2 Å². The van der Waals surface area contributed by atoms with Gasteiger partial charge in [0, 0.05) is 24.1 Å². The molecule has 7 nitrogen and oxygen atoms in total. The third-order valence-corrected chi connectivity index (χ3v) is 3.74. The van der Waals surface area contributed by atoms with E-state index in [1.54, 1.807) is 24.3 Å². The number of anilines is 1. The van der Waals surface area contributed by atoms with Gasteiger partial charge in [-0.1, -0.05) is 5.16 Å². The molecule has 1 saturated carbocycles. The minimum absolute atomic E-state index is 0. The molecule has 1 atom stereocenters. The number of hydrogen-bond acceptors (Lipinski definition) is 6. The minimum atomic E-state index is -0.0413. The van der Waals surface area contributed by atoms with Gasteiger partial charge in [0.15, 0.2) is 6.61 Å². The lowest BCUT2D eigenvalue weighted by atomic mass is 10.2. The highest BCUT2D eigenvalue weighted by molar-refractivity contribution is 5.90. The summed E-state index contributed by atoms with van der Waals surface area (Å²) >= 11 is 0. The van der Waals surface area contributed by atoms with Gasteiger partial charge in [-0.2, -0.15) is 4.98 Å². The number of benzene rings is 1. The van der Waals surface area contributed by atoms with Crippen molar-refractivity contribution >= 4 is 24.0 Å². The van der Waals surface area contributed by atoms with Crippen molar-refractivity contribution in [2.24, 2.45) is 5.73 Å². The van der Waals surface area contributed by atoms with Crippen LogP contribution in [0, 0.1) is 0 Å². The molecule has 1 aliphatic carbocycles. The first kappa shape index (κ1) is 19.2. The molecule has 0 spiro atoms. The van der Waals surface area contributed by atoms with E-state index < -0.39 is 0 Å². The SMILES string of the molecule is CC(N)CCC(=O)Nc1ccc(OCc2noc(C3CC3)n2)cc1.Cl. The van der Waals surface area contributed by atoms with E-state index in [2.05, 4.69) is 15.5 Å². The number of aromatic nitrogens is 2. The third kappa shape index (κ3) is 6.03. The van der Waals surface area contributed by atoms with Crippen molar-refractivity contribution in [1.29, 1.82) is 0 Å². The number of carbonyl (C=O) groups is 1. The van der Waals surface area contributed by atoms with E-state index in [4.69, 9.17) is 15.0 Å². The third-order valence-electron chi connectivity index (χ3n) is 3.74. The van der Waals surface area contributed by atoms with Gasteiger partial charge in [-0.3, -0.25) is 4.79 Å². The van der Waals surface area contributed by atoms with Crippen molar-refractivity contribution < 1.29 is 14.1 Å². The Morgan fingerprint density at radius 2 is 2.12 bits per heavy atom. The van der Waals surface area contributed by atoms with Gasteiger partial charge in [0.1, 0.15) is 5.75 Å². The summed E-state index contributed by atoms with van der Waals surface area (Å²) in [4.78, 5) is 16.1. The number of nitrogens with zero attached hydrogens (tertiary/aromatic N) is 2. The fraction of sp³-hybridized carbons (Fsp3) is 0.471. The Bertz CT molecular complexity index is 683. The lowest BCUT2D eigenvalue weighted by Crippen LogP contribution is -2.19. The fourth-order valence-corrected chi connectivity index (χ4v) is 2.19. The number of carbonyl (C=O) groups excluding carboxylic acids is 1. The summed E-state index contributed by atoms with van der Waals surface area (Å²) in [6, 6.07) is 7.21. The summed E-state index contributed by atoms with van der Waals surface area (Å²) in [6.07, 6.45) is 3.33. The summed E-state index contributed by atoms with van der Waals surface area (Å²) in [7, 11) is 0. The average molecular weight is 367 g/mol. The predicted octanol–water partition coefficient (Wildman–Crippen LogP) is 3.01. The first-order chi connectivity index (χ1) is 11.6. The van der Waals surface area contributed by atoms with E-state index in [0.717, 1.165) is 18.5 Å². The molecular formula is C17H23ClN4O3. The van der Waals surface area contributed by atoms with Crippen LogP contribution in [0.3, 0.4) is 0 Å². The quantitative estimate of drug-likeness (QED) is 0.744. The molecule has 3 N–H and O–H groups in total. The van der Waals surface area contributed by atoms with E-state index >= 15 is 0 Å². The molecular weight excluding hydrogens is 344 g/mol. The molecule has 2 aromatic rings. The highest BCUT2D eigenvalue weighted by atomic mass is 35.5. The van der Waals surface area contributed by atoms with Crippen LogP contribution in [0.2, 0.25) is 0 Å². The molecule has 0 bridgehead atoms. The van der Waals surface area contributed by atoms with E-state index in [-0.39, 0.29) is 31.0 Å². The van der Waals surface area contributed by atoms with Crippen molar-refractivity contribution in [3.8, 4) is 5.75 Å². The lowest BCUT2D eigenvalue weighted by Gasteiger charge is -2.08. The standard InChI is InChI=1S/C17H22N4O3.ClH/c1-11(18)2-9-16(22)19-13-5-7-14(8-6-13)23-10-15-20-17(24-21-15)12-3-4-12;/h5-8,11-12H,2-4,9-10,18H2,1H3,(H,19,22);1H. The number of ether oxygens (including phenoxy) is 1. The second-order valence-electron chi connectivity index (χ2n) is 6.20. The summed E-state index contributed by atoms with van der Waals surface area (Å²) < 4.78 is 10.8. The van der Waals surface area contributed by atoms with Crippen LogP contribution >= 0.6 is 12.4 Å². The molecule has 1 heterocycles. The minimum Gasteiger partial charge on any atom is -0.485 e. The Balaban J connectivity index is 0.00000225. The Morgan fingerprint density at radius 1 is 1.40 bits per heavy atom. The van der Waals surface area contributed by atoms with E-state index in [1.165, 1.54) is 0 Å². The van der Waals surface area contributed by atoms with Gasteiger partial charge in [-0.05, 0) is 50.5 Å². The van der Waals surface area contributed by atoms with Crippen LogP contribution < -0.4 is 15.8 Å². The van der Waals surface area contributed by atoms with Crippen molar-refractivity contribution in [1.82, 2.24) is 10.1 Å². The van der Waals surface area contributed by atoms with E-state index in [1.807, 2.05) is 6.92 Å². The van der Waals surface area contributed by atoms with Crippen molar-refractivity contribution in [3.05, 3.63) is 36.0 Å². The zero-order valence-electron chi connectivity index (χ0n) is 14.1. The van der Waals surface area contributed by atoms with Crippen LogP contribution in [-0.4, -0.2) is 22.1 Å². The monoisotopic (exact) mass is 366 g/mol. The smallest absolute Gasteiger partial charge is 0.229 e. The molecule has 0 aliphatic heterocycles. The van der Waals surface area contributed by atoms with Gasteiger partial charge in [-0.25, -0.2) is 0 Å². The normalized spacial score (nSPS) is 14.5. The van der Waals surface area contributed by atoms with Crippen LogP contribution in [-0.2, 0) is 11.4 Å². The number of hydrogen-bond donors (Lipinski definition) is 2. The second kappa shape index (κ2) is 8.82. The lowest BCUT2D eigenvalue weighted by molar-refractivity contribution is -0.116. The zero-order valence-corrected chi connectivity index (χ0v) is 14.9. The number of halogens is 1. The maximum atomic E-state index is 11.8. The summed E-state index contributed by atoms with van der Waals surface area (Å²) in [5.74, 6) is 2.33. The Hall–Kier alpha value is -2.12. The first-order valence-electron chi connectivity index (χ1n) is 8.21. The second-order valence-corrected chi connectivity index (χ2v) is 6.20. The number of rotatable bonds is 8. The fourth-order valence-electron chi connectivity index (χ4n) is 2.19. The van der Waals surface area contributed by atoms with Gasteiger partial charge >= 0.3 is 0 Å². The topological polar surface area (TPSA) is 103 Å². The van der Waals surface area contributed by atoms with E-state index in [0.29, 0.717) is 36.2 Å². The van der Waals surface area contributed by atoms with Crippen LogP contribution in [0.5, 0.6) is 5.75 Å². The van der Waals surface area contributed by atoms with E-state index in [9.17, 15) is 4.79 Å². The Morgan fingerprint density at radius 3 is 2.76 bits per heavy atom. The molecule has 3 rings (SSSR count). The molecule has 8 heteroatoms. The molecule has 1 aromatic carbocycles. The van der Waals surface area contributed by atoms with Crippen molar-refractivity contribution in [2.75, 3.05) is 5.32 Å². The largest absolute Gasteiger partial charge is 0.485 e. The highest BCUT2D eigenvalue weighted by Crippen LogP contribution is 2.38. The predicted molar refractivity (Wildman–Crippen MR) is 95.8 cm³/mol. The Labute approximate surface area is 152 Å². The molecule has 1 aliphatic rings.